The standard InChI is InChI=1S/C17H24FN3O3S/c1-17(2,3)24-16(22)21-9-7-11(8-10-21)23-14-12(18)5-4-6-13(14)20-15(19)25/h4-6,11H,7-10H2,1-3H3,(H3,19,20,25). The van der Waals surface area contributed by atoms with Crippen LogP contribution in [0.2, 0.25) is 0 Å². The van der Waals surface area contributed by atoms with Crippen molar-refractivity contribution in [3.63, 3.8) is 0 Å². The predicted octanol–water partition coefficient (Wildman–Crippen LogP) is 3.26. The molecule has 6 nitrogen and oxygen atoms in total. The van der Waals surface area contributed by atoms with Gasteiger partial charge in [0.05, 0.1) is 5.69 Å². The topological polar surface area (TPSA) is 76.8 Å². The molecular formula is C17H24FN3O3S. The van der Waals surface area contributed by atoms with Crippen LogP contribution in [-0.4, -0.2) is 40.9 Å². The van der Waals surface area contributed by atoms with E-state index >= 15 is 0 Å². The lowest BCUT2D eigenvalue weighted by atomic mass is 10.1. The van der Waals surface area contributed by atoms with E-state index < -0.39 is 11.4 Å². The zero-order valence-corrected chi connectivity index (χ0v) is 15.5. The van der Waals surface area contributed by atoms with Crippen molar-refractivity contribution in [2.75, 3.05) is 18.4 Å². The molecule has 0 radical (unpaired) electrons. The third-order valence-electron chi connectivity index (χ3n) is 3.60. The summed E-state index contributed by atoms with van der Waals surface area (Å²) in [6, 6.07) is 4.51. The van der Waals surface area contributed by atoms with E-state index in [2.05, 4.69) is 5.32 Å². The number of piperidine rings is 1. The fourth-order valence-corrected chi connectivity index (χ4v) is 2.62. The second-order valence-corrected chi connectivity index (χ2v) is 7.33. The van der Waals surface area contributed by atoms with Crippen LogP contribution in [0.3, 0.4) is 0 Å². The van der Waals surface area contributed by atoms with E-state index in [0.717, 1.165) is 0 Å². The normalized spacial score (nSPS) is 15.6. The van der Waals surface area contributed by atoms with Crippen LogP contribution < -0.4 is 15.8 Å². The van der Waals surface area contributed by atoms with Crippen molar-refractivity contribution in [1.29, 1.82) is 0 Å². The number of halogens is 1. The summed E-state index contributed by atoms with van der Waals surface area (Å²) in [4.78, 5) is 13.7. The molecule has 138 valence electrons. The lowest BCUT2D eigenvalue weighted by Gasteiger charge is -2.33. The molecule has 1 saturated heterocycles. The van der Waals surface area contributed by atoms with Gasteiger partial charge in [-0.2, -0.15) is 0 Å². The Balaban J connectivity index is 1.96. The molecule has 8 heteroatoms. The Morgan fingerprint density at radius 3 is 2.56 bits per heavy atom. The Kier molecular flexibility index (Phi) is 6.05. The van der Waals surface area contributed by atoms with Crippen LogP contribution in [0, 0.1) is 5.82 Å². The number of thiocarbonyl (C=S) groups is 1. The van der Waals surface area contributed by atoms with Crippen LogP contribution in [0.1, 0.15) is 33.6 Å². The van der Waals surface area contributed by atoms with Crippen molar-refractivity contribution in [1.82, 2.24) is 4.90 Å². The van der Waals surface area contributed by atoms with Crippen molar-refractivity contribution in [2.24, 2.45) is 5.73 Å². The molecule has 1 aliphatic rings. The first kappa shape index (κ1) is 19.2. The Hall–Kier alpha value is -2.09. The van der Waals surface area contributed by atoms with Crippen molar-refractivity contribution in [2.45, 2.75) is 45.3 Å². The summed E-state index contributed by atoms with van der Waals surface area (Å²) < 4.78 is 25.3. The average molecular weight is 369 g/mol. The molecule has 1 aromatic rings. The van der Waals surface area contributed by atoms with Crippen LogP contribution in [0.15, 0.2) is 18.2 Å². The van der Waals surface area contributed by atoms with Crippen molar-refractivity contribution in [3.05, 3.63) is 24.0 Å². The van der Waals surface area contributed by atoms with E-state index in [4.69, 9.17) is 27.4 Å². The summed E-state index contributed by atoms with van der Waals surface area (Å²) in [7, 11) is 0. The molecule has 0 bridgehead atoms. The van der Waals surface area contributed by atoms with E-state index in [1.807, 2.05) is 20.8 Å². The fourth-order valence-electron chi connectivity index (χ4n) is 2.51. The number of hydrogen-bond acceptors (Lipinski definition) is 4. The number of nitrogens with two attached hydrogens (primary N) is 1. The monoisotopic (exact) mass is 369 g/mol. The molecular weight excluding hydrogens is 345 g/mol. The molecule has 0 spiro atoms. The Morgan fingerprint density at radius 1 is 1.36 bits per heavy atom. The third kappa shape index (κ3) is 5.74. The van der Waals surface area contributed by atoms with Crippen molar-refractivity contribution < 1.29 is 18.7 Å². The van der Waals surface area contributed by atoms with E-state index in [9.17, 15) is 9.18 Å². The molecule has 0 atom stereocenters. The largest absolute Gasteiger partial charge is 0.485 e. The van der Waals surface area contributed by atoms with E-state index in [1.165, 1.54) is 6.07 Å². The minimum absolute atomic E-state index is 0.0372. The molecule has 1 aliphatic heterocycles. The number of anilines is 1. The van der Waals surface area contributed by atoms with Gasteiger partial charge in [0.1, 0.15) is 11.7 Å². The second kappa shape index (κ2) is 7.86. The van der Waals surface area contributed by atoms with Gasteiger partial charge in [0.2, 0.25) is 0 Å². The average Bonchev–Trinajstić information content (AvgIpc) is 2.49. The molecule has 0 aliphatic carbocycles. The molecule has 3 N–H and O–H groups in total. The number of rotatable bonds is 3. The molecule has 0 aromatic heterocycles. The van der Waals surface area contributed by atoms with Gasteiger partial charge in [-0.15, -0.1) is 0 Å². The summed E-state index contributed by atoms with van der Waals surface area (Å²) in [6.07, 6.45) is 0.621. The zero-order chi connectivity index (χ0) is 18.6. The molecule has 0 unspecified atom stereocenters. The van der Waals surface area contributed by atoms with E-state index in [-0.39, 0.29) is 23.1 Å². The maximum Gasteiger partial charge on any atom is 0.410 e. The lowest BCUT2D eigenvalue weighted by molar-refractivity contribution is 0.0124. The SMILES string of the molecule is CC(C)(C)OC(=O)N1CCC(Oc2c(F)cccc2NC(N)=S)CC1. The molecule has 1 aromatic carbocycles. The number of likely N-dealkylation sites (tertiary alicyclic amines) is 1. The van der Waals surface area contributed by atoms with Crippen LogP contribution in [0.25, 0.3) is 0 Å². The minimum atomic E-state index is -0.529. The van der Waals surface area contributed by atoms with Gasteiger partial charge in [-0.05, 0) is 45.1 Å². The second-order valence-electron chi connectivity index (χ2n) is 6.89. The number of carbonyl (C=O) groups is 1. The number of amides is 1. The first-order valence-corrected chi connectivity index (χ1v) is 8.56. The maximum absolute atomic E-state index is 14.1. The molecule has 0 saturated carbocycles. The number of carbonyl (C=O) groups excluding carboxylic acids is 1. The van der Waals surface area contributed by atoms with Crippen molar-refractivity contribution >= 4 is 29.1 Å². The number of para-hydroxylation sites is 1. The number of ether oxygens (including phenoxy) is 2. The maximum atomic E-state index is 14.1. The molecule has 2 rings (SSSR count). The lowest BCUT2D eigenvalue weighted by Crippen LogP contribution is -2.44. The van der Waals surface area contributed by atoms with Gasteiger partial charge in [0, 0.05) is 25.9 Å². The third-order valence-corrected chi connectivity index (χ3v) is 3.71. The summed E-state index contributed by atoms with van der Waals surface area (Å²) >= 11 is 4.80. The first-order chi connectivity index (χ1) is 11.7. The highest BCUT2D eigenvalue weighted by Gasteiger charge is 2.28. The highest BCUT2D eigenvalue weighted by Crippen LogP contribution is 2.30. The fraction of sp³-hybridized carbons (Fsp3) is 0.529. The molecule has 1 fully saturated rings. The summed E-state index contributed by atoms with van der Waals surface area (Å²) in [5.41, 5.74) is 5.32. The van der Waals surface area contributed by atoms with Crippen molar-refractivity contribution in [3.8, 4) is 5.75 Å². The number of nitrogens with zero attached hydrogens (tertiary/aromatic N) is 1. The number of hydrogen-bond donors (Lipinski definition) is 2. The Morgan fingerprint density at radius 2 is 2.00 bits per heavy atom. The van der Waals surface area contributed by atoms with Gasteiger partial charge in [0.15, 0.2) is 16.7 Å². The van der Waals surface area contributed by atoms with Gasteiger partial charge in [-0.3, -0.25) is 0 Å². The summed E-state index contributed by atoms with van der Waals surface area (Å²) in [5.74, 6) is -0.401. The van der Waals surface area contributed by atoms with Crippen LogP contribution in [0.5, 0.6) is 5.75 Å². The van der Waals surface area contributed by atoms with Gasteiger partial charge in [0.25, 0.3) is 0 Å². The smallest absolute Gasteiger partial charge is 0.410 e. The predicted molar refractivity (Wildman–Crippen MR) is 98.3 cm³/mol. The van der Waals surface area contributed by atoms with Gasteiger partial charge in [-0.25, -0.2) is 9.18 Å². The summed E-state index contributed by atoms with van der Waals surface area (Å²) in [6.45, 7) is 6.47. The quantitative estimate of drug-likeness (QED) is 0.797. The Labute approximate surface area is 152 Å². The van der Waals surface area contributed by atoms with Gasteiger partial charge >= 0.3 is 6.09 Å². The van der Waals surface area contributed by atoms with Gasteiger partial charge in [-0.1, -0.05) is 6.07 Å². The van der Waals surface area contributed by atoms with E-state index in [0.29, 0.717) is 31.6 Å². The molecule has 1 heterocycles. The van der Waals surface area contributed by atoms with Crippen LogP contribution >= 0.6 is 12.2 Å². The highest BCUT2D eigenvalue weighted by atomic mass is 32.1. The van der Waals surface area contributed by atoms with E-state index in [1.54, 1.807) is 17.0 Å². The number of benzene rings is 1. The van der Waals surface area contributed by atoms with Crippen LogP contribution in [-0.2, 0) is 4.74 Å². The van der Waals surface area contributed by atoms with Crippen LogP contribution in [0.4, 0.5) is 14.9 Å². The minimum Gasteiger partial charge on any atom is -0.485 e. The first-order valence-electron chi connectivity index (χ1n) is 8.15. The highest BCUT2D eigenvalue weighted by molar-refractivity contribution is 7.80. The summed E-state index contributed by atoms with van der Waals surface area (Å²) in [5, 5.41) is 2.75. The zero-order valence-electron chi connectivity index (χ0n) is 14.7. The van der Waals surface area contributed by atoms with Gasteiger partial charge < -0.3 is 25.4 Å². The molecule has 1 amide bonds. The number of nitrogens with one attached hydrogen (secondary N) is 1. The Bertz CT molecular complexity index is 641. The molecule has 25 heavy (non-hydrogen) atoms.